The summed E-state index contributed by atoms with van der Waals surface area (Å²) < 4.78 is 19.0. The van der Waals surface area contributed by atoms with Crippen molar-refractivity contribution < 1.29 is 9.13 Å². The monoisotopic (exact) mass is 271 g/mol. The molecule has 4 nitrogen and oxygen atoms in total. The van der Waals surface area contributed by atoms with E-state index in [0.29, 0.717) is 5.88 Å². The van der Waals surface area contributed by atoms with Crippen LogP contribution in [0.15, 0.2) is 36.0 Å². The normalized spacial score (nSPS) is 10.3. The molecule has 0 fully saturated rings. The number of thiophene rings is 1. The molecule has 3 aromatic rings. The van der Waals surface area contributed by atoms with Crippen LogP contribution in [0.25, 0.3) is 10.2 Å². The topological polar surface area (TPSA) is 58.8 Å². The fourth-order valence-electron chi connectivity index (χ4n) is 1.65. The van der Waals surface area contributed by atoms with Gasteiger partial charge in [0, 0.05) is 0 Å². The van der Waals surface area contributed by atoms with Crippen molar-refractivity contribution in [2.75, 3.05) is 0 Å². The summed E-state index contributed by atoms with van der Waals surface area (Å²) in [6.07, 6.45) is 1.37. The molecule has 0 saturated carbocycles. The SMILES string of the molecule is N#Cc1c(F)cccc1Oc1ncnc2sccc12. The highest BCUT2D eigenvalue weighted by molar-refractivity contribution is 7.16. The van der Waals surface area contributed by atoms with Crippen molar-refractivity contribution in [1.29, 1.82) is 5.26 Å². The number of ether oxygens (including phenoxy) is 1. The van der Waals surface area contributed by atoms with Gasteiger partial charge in [0.05, 0.1) is 5.39 Å². The minimum absolute atomic E-state index is 0.135. The molecule has 19 heavy (non-hydrogen) atoms. The molecule has 0 amide bonds. The molecule has 0 aliphatic carbocycles. The minimum Gasteiger partial charge on any atom is -0.437 e. The maximum atomic E-state index is 13.5. The van der Waals surface area contributed by atoms with Crippen molar-refractivity contribution in [1.82, 2.24) is 9.97 Å². The van der Waals surface area contributed by atoms with Crippen molar-refractivity contribution in [2.45, 2.75) is 0 Å². The number of halogens is 1. The molecule has 0 spiro atoms. The third-order valence-corrected chi connectivity index (χ3v) is 3.34. The van der Waals surface area contributed by atoms with Crippen molar-refractivity contribution in [3.63, 3.8) is 0 Å². The average molecular weight is 271 g/mol. The first-order chi connectivity index (χ1) is 9.29. The summed E-state index contributed by atoms with van der Waals surface area (Å²) in [4.78, 5) is 8.89. The van der Waals surface area contributed by atoms with E-state index in [-0.39, 0.29) is 11.3 Å². The molecule has 0 N–H and O–H groups in total. The van der Waals surface area contributed by atoms with Gasteiger partial charge in [-0.2, -0.15) is 5.26 Å². The summed E-state index contributed by atoms with van der Waals surface area (Å²) in [7, 11) is 0. The van der Waals surface area contributed by atoms with E-state index in [1.165, 1.54) is 35.9 Å². The van der Waals surface area contributed by atoms with Gasteiger partial charge in [0.1, 0.15) is 34.4 Å². The second-order valence-corrected chi connectivity index (χ2v) is 4.54. The first kappa shape index (κ1) is 11.6. The number of hydrogen-bond acceptors (Lipinski definition) is 5. The van der Waals surface area contributed by atoms with Gasteiger partial charge < -0.3 is 4.74 Å². The molecule has 6 heteroatoms. The van der Waals surface area contributed by atoms with Crippen molar-refractivity contribution in [3.05, 3.63) is 47.4 Å². The second kappa shape index (κ2) is 4.63. The molecule has 0 bridgehead atoms. The van der Waals surface area contributed by atoms with Crippen LogP contribution >= 0.6 is 11.3 Å². The molecule has 0 aliphatic rings. The van der Waals surface area contributed by atoms with Crippen LogP contribution in [-0.2, 0) is 0 Å². The lowest BCUT2D eigenvalue weighted by molar-refractivity contribution is 0.461. The number of nitrogens with zero attached hydrogens (tertiary/aromatic N) is 3. The van der Waals surface area contributed by atoms with E-state index >= 15 is 0 Å². The second-order valence-electron chi connectivity index (χ2n) is 3.65. The fourth-order valence-corrected chi connectivity index (χ4v) is 2.37. The van der Waals surface area contributed by atoms with Crippen LogP contribution in [0, 0.1) is 17.1 Å². The van der Waals surface area contributed by atoms with Gasteiger partial charge in [-0.3, -0.25) is 0 Å². The van der Waals surface area contributed by atoms with E-state index in [1.807, 2.05) is 11.4 Å². The quantitative estimate of drug-likeness (QED) is 0.715. The summed E-state index contributed by atoms with van der Waals surface area (Å²) in [6, 6.07) is 7.83. The van der Waals surface area contributed by atoms with Gasteiger partial charge in [-0.05, 0) is 23.6 Å². The number of rotatable bonds is 2. The Morgan fingerprint density at radius 3 is 3.00 bits per heavy atom. The molecule has 0 unspecified atom stereocenters. The molecule has 92 valence electrons. The van der Waals surface area contributed by atoms with E-state index in [2.05, 4.69) is 9.97 Å². The number of aromatic nitrogens is 2. The van der Waals surface area contributed by atoms with Crippen molar-refractivity contribution in [3.8, 4) is 17.7 Å². The van der Waals surface area contributed by atoms with E-state index in [1.54, 1.807) is 6.07 Å². The highest BCUT2D eigenvalue weighted by atomic mass is 32.1. The molecule has 0 aliphatic heterocycles. The Morgan fingerprint density at radius 2 is 2.16 bits per heavy atom. The fraction of sp³-hybridized carbons (Fsp3) is 0. The number of fused-ring (bicyclic) bond motifs is 1. The van der Waals surface area contributed by atoms with Gasteiger partial charge in [-0.15, -0.1) is 11.3 Å². The van der Waals surface area contributed by atoms with Crippen LogP contribution in [0.1, 0.15) is 5.56 Å². The first-order valence-corrected chi connectivity index (χ1v) is 6.22. The average Bonchev–Trinajstić information content (AvgIpc) is 2.88. The largest absolute Gasteiger partial charge is 0.437 e. The number of nitriles is 1. The molecule has 0 atom stereocenters. The van der Waals surface area contributed by atoms with Gasteiger partial charge in [-0.1, -0.05) is 6.07 Å². The maximum Gasteiger partial charge on any atom is 0.231 e. The standard InChI is InChI=1S/C13H6FN3OS/c14-10-2-1-3-11(9(10)6-15)18-12-8-4-5-19-13(8)17-7-16-12/h1-5,7H. The van der Waals surface area contributed by atoms with E-state index in [9.17, 15) is 4.39 Å². The Morgan fingerprint density at radius 1 is 1.26 bits per heavy atom. The zero-order valence-electron chi connectivity index (χ0n) is 9.50. The van der Waals surface area contributed by atoms with Crippen molar-refractivity contribution in [2.24, 2.45) is 0 Å². The third kappa shape index (κ3) is 2.00. The lowest BCUT2D eigenvalue weighted by atomic mass is 10.2. The van der Waals surface area contributed by atoms with E-state index in [4.69, 9.17) is 10.00 Å². The van der Waals surface area contributed by atoms with Crippen molar-refractivity contribution >= 4 is 21.6 Å². The number of hydrogen-bond donors (Lipinski definition) is 0. The van der Waals surface area contributed by atoms with Crippen LogP contribution in [0.5, 0.6) is 11.6 Å². The lowest BCUT2D eigenvalue weighted by Crippen LogP contribution is -1.94. The summed E-state index contributed by atoms with van der Waals surface area (Å²) >= 11 is 1.45. The van der Waals surface area contributed by atoms with Crippen LogP contribution < -0.4 is 4.74 Å². The molecular weight excluding hydrogens is 265 g/mol. The lowest BCUT2D eigenvalue weighted by Gasteiger charge is -2.07. The molecule has 1 aromatic carbocycles. The Bertz CT molecular complexity index is 794. The zero-order chi connectivity index (χ0) is 13.2. The predicted molar refractivity (Wildman–Crippen MR) is 68.6 cm³/mol. The first-order valence-electron chi connectivity index (χ1n) is 5.34. The van der Waals surface area contributed by atoms with E-state index < -0.39 is 5.82 Å². The van der Waals surface area contributed by atoms with Gasteiger partial charge in [-0.25, -0.2) is 14.4 Å². The molecule has 0 saturated heterocycles. The smallest absolute Gasteiger partial charge is 0.231 e. The molecule has 0 radical (unpaired) electrons. The van der Waals surface area contributed by atoms with Crippen LogP contribution in [0.2, 0.25) is 0 Å². The molecular formula is C13H6FN3OS. The Labute approximate surface area is 111 Å². The van der Waals surface area contributed by atoms with Gasteiger partial charge in [0.25, 0.3) is 0 Å². The Balaban J connectivity index is 2.09. The number of benzene rings is 1. The molecule has 2 heterocycles. The van der Waals surface area contributed by atoms with Gasteiger partial charge in [0.2, 0.25) is 5.88 Å². The molecule has 3 rings (SSSR count). The highest BCUT2D eigenvalue weighted by Gasteiger charge is 2.12. The Hall–Kier alpha value is -2.52. The molecule has 2 aromatic heterocycles. The van der Waals surface area contributed by atoms with Crippen LogP contribution in [0.3, 0.4) is 0 Å². The zero-order valence-corrected chi connectivity index (χ0v) is 10.3. The van der Waals surface area contributed by atoms with Crippen LogP contribution in [-0.4, -0.2) is 9.97 Å². The van der Waals surface area contributed by atoms with Gasteiger partial charge in [0.15, 0.2) is 0 Å². The minimum atomic E-state index is -0.615. The van der Waals surface area contributed by atoms with Gasteiger partial charge >= 0.3 is 0 Å². The highest BCUT2D eigenvalue weighted by Crippen LogP contribution is 2.31. The summed E-state index contributed by atoms with van der Waals surface area (Å²) in [5.41, 5.74) is -0.135. The Kier molecular flexibility index (Phi) is 2.82. The summed E-state index contributed by atoms with van der Waals surface area (Å²) in [5, 5.41) is 11.6. The summed E-state index contributed by atoms with van der Waals surface area (Å²) in [6.45, 7) is 0. The maximum absolute atomic E-state index is 13.5. The van der Waals surface area contributed by atoms with E-state index in [0.717, 1.165) is 10.2 Å². The third-order valence-electron chi connectivity index (χ3n) is 2.52. The van der Waals surface area contributed by atoms with Crippen LogP contribution in [0.4, 0.5) is 4.39 Å². The summed E-state index contributed by atoms with van der Waals surface area (Å²) in [5.74, 6) is -0.155. The predicted octanol–water partition coefficient (Wildman–Crippen LogP) is 3.49.